The van der Waals surface area contributed by atoms with Gasteiger partial charge in [-0.15, -0.1) is 11.3 Å². The molecule has 2 aromatic heterocycles. The van der Waals surface area contributed by atoms with Crippen molar-refractivity contribution in [2.24, 2.45) is 0 Å². The molecule has 2 heterocycles. The number of thiophene rings is 1. The maximum atomic E-state index is 11.7. The van der Waals surface area contributed by atoms with Crippen molar-refractivity contribution >= 4 is 28.2 Å². The number of aromatic amines is 2. The minimum Gasteiger partial charge on any atom is -0.478 e. The van der Waals surface area contributed by atoms with E-state index in [-0.39, 0.29) is 16.3 Å². The molecule has 0 atom stereocenters. The zero-order valence-electron chi connectivity index (χ0n) is 9.23. The molecule has 0 fully saturated rings. The monoisotopic (exact) mass is 267 g/mol. The summed E-state index contributed by atoms with van der Waals surface area (Å²) in [6, 6.07) is 1.47. The first-order valence-electron chi connectivity index (χ1n) is 4.90. The van der Waals surface area contributed by atoms with E-state index < -0.39 is 17.6 Å². The van der Waals surface area contributed by atoms with Crippen LogP contribution in [0.2, 0.25) is 0 Å². The lowest BCUT2D eigenvalue weighted by Crippen LogP contribution is -2.14. The third-order valence-corrected chi connectivity index (χ3v) is 3.12. The minimum atomic E-state index is -1.11. The molecule has 2 rings (SSSR count). The van der Waals surface area contributed by atoms with Crippen LogP contribution < -0.4 is 11.0 Å². The second-order valence-corrected chi connectivity index (χ2v) is 4.77. The second kappa shape index (κ2) is 4.49. The lowest BCUT2D eigenvalue weighted by molar-refractivity contribution is 0.0698. The molecule has 0 saturated carbocycles. The third-order valence-electron chi connectivity index (χ3n) is 2.15. The first-order chi connectivity index (χ1) is 8.47. The van der Waals surface area contributed by atoms with Gasteiger partial charge in [-0.05, 0) is 13.0 Å². The number of hydrogen-bond donors (Lipinski definition) is 4. The van der Waals surface area contributed by atoms with Gasteiger partial charge in [0.2, 0.25) is 0 Å². The van der Waals surface area contributed by atoms with Crippen molar-refractivity contribution in [1.82, 2.24) is 9.97 Å². The van der Waals surface area contributed by atoms with Gasteiger partial charge in [0.25, 0.3) is 5.91 Å². The maximum Gasteiger partial charge on any atom is 0.338 e. The van der Waals surface area contributed by atoms with E-state index >= 15 is 0 Å². The average molecular weight is 267 g/mol. The molecule has 0 aliphatic heterocycles. The van der Waals surface area contributed by atoms with Crippen molar-refractivity contribution < 1.29 is 14.7 Å². The highest BCUT2D eigenvalue weighted by Crippen LogP contribution is 2.27. The fraction of sp³-hybridized carbons (Fsp3) is 0.100. The van der Waals surface area contributed by atoms with E-state index in [1.807, 2.05) is 0 Å². The number of imidazole rings is 1. The van der Waals surface area contributed by atoms with Crippen LogP contribution in [0.25, 0.3) is 0 Å². The van der Waals surface area contributed by atoms with Gasteiger partial charge in [-0.3, -0.25) is 4.79 Å². The van der Waals surface area contributed by atoms with Gasteiger partial charge in [0.05, 0.1) is 5.56 Å². The molecule has 0 aliphatic carbocycles. The van der Waals surface area contributed by atoms with Crippen LogP contribution in [0.1, 0.15) is 25.7 Å². The molecule has 94 valence electrons. The molecular weight excluding hydrogens is 258 g/mol. The van der Waals surface area contributed by atoms with Gasteiger partial charge >= 0.3 is 11.7 Å². The number of carbonyl (C=O) groups is 2. The number of rotatable bonds is 3. The molecule has 0 aromatic carbocycles. The standard InChI is InChI=1S/C10H9N3O4S/c1-4-2-5(9(15)16)8(18-4)13-7(14)6-3-11-10(17)12-6/h2-3H,1H3,(H,13,14)(H,15,16)(H2,11,12,17). The van der Waals surface area contributed by atoms with Crippen LogP contribution in [0.15, 0.2) is 17.1 Å². The molecule has 0 radical (unpaired) electrons. The van der Waals surface area contributed by atoms with Crippen molar-refractivity contribution in [3.63, 3.8) is 0 Å². The van der Waals surface area contributed by atoms with Crippen LogP contribution in [0.3, 0.4) is 0 Å². The molecular formula is C10H9N3O4S. The quantitative estimate of drug-likeness (QED) is 0.664. The number of aromatic nitrogens is 2. The summed E-state index contributed by atoms with van der Waals surface area (Å²) in [4.78, 5) is 38.9. The van der Waals surface area contributed by atoms with E-state index in [1.165, 1.54) is 12.3 Å². The molecule has 4 N–H and O–H groups in total. The summed E-state index contributed by atoms with van der Waals surface area (Å²) in [6.07, 6.45) is 1.22. The maximum absolute atomic E-state index is 11.7. The van der Waals surface area contributed by atoms with Crippen molar-refractivity contribution in [3.05, 3.63) is 38.9 Å². The third kappa shape index (κ3) is 2.33. The number of aryl methyl sites for hydroxylation is 1. The van der Waals surface area contributed by atoms with E-state index in [0.717, 1.165) is 16.2 Å². The Bertz CT molecular complexity index is 667. The van der Waals surface area contributed by atoms with Crippen LogP contribution in [0.4, 0.5) is 5.00 Å². The van der Waals surface area contributed by atoms with Crippen LogP contribution >= 0.6 is 11.3 Å². The van der Waals surface area contributed by atoms with Crippen molar-refractivity contribution in [2.75, 3.05) is 5.32 Å². The van der Waals surface area contributed by atoms with E-state index in [2.05, 4.69) is 15.3 Å². The number of amides is 1. The Kier molecular flexibility index (Phi) is 3.02. The van der Waals surface area contributed by atoms with E-state index in [4.69, 9.17) is 5.11 Å². The zero-order valence-corrected chi connectivity index (χ0v) is 10.1. The predicted molar refractivity (Wildman–Crippen MR) is 65.4 cm³/mol. The number of H-pyrrole nitrogens is 2. The predicted octanol–water partition coefficient (Wildman–Crippen LogP) is 1.02. The highest BCUT2D eigenvalue weighted by molar-refractivity contribution is 7.16. The van der Waals surface area contributed by atoms with Crippen LogP contribution in [-0.2, 0) is 0 Å². The Morgan fingerprint density at radius 1 is 1.44 bits per heavy atom. The smallest absolute Gasteiger partial charge is 0.338 e. The summed E-state index contributed by atoms with van der Waals surface area (Å²) in [5.41, 5.74) is -0.424. The van der Waals surface area contributed by atoms with Gasteiger partial charge < -0.3 is 20.4 Å². The summed E-state index contributed by atoms with van der Waals surface area (Å²) >= 11 is 1.16. The fourth-order valence-electron chi connectivity index (χ4n) is 1.39. The Morgan fingerprint density at radius 3 is 2.72 bits per heavy atom. The molecule has 18 heavy (non-hydrogen) atoms. The van der Waals surface area contributed by atoms with Gasteiger partial charge in [-0.1, -0.05) is 0 Å². The van der Waals surface area contributed by atoms with Crippen molar-refractivity contribution in [1.29, 1.82) is 0 Å². The Labute approximate surface area is 104 Å². The molecule has 2 aromatic rings. The number of nitrogens with one attached hydrogen (secondary N) is 3. The average Bonchev–Trinajstić information content (AvgIpc) is 2.85. The lowest BCUT2D eigenvalue weighted by atomic mass is 10.3. The first-order valence-corrected chi connectivity index (χ1v) is 5.72. The van der Waals surface area contributed by atoms with Crippen LogP contribution in [0, 0.1) is 6.92 Å². The molecule has 0 bridgehead atoms. The van der Waals surface area contributed by atoms with E-state index in [1.54, 1.807) is 6.92 Å². The highest BCUT2D eigenvalue weighted by Gasteiger charge is 2.17. The molecule has 0 unspecified atom stereocenters. The van der Waals surface area contributed by atoms with E-state index in [0.29, 0.717) is 0 Å². The molecule has 7 nitrogen and oxygen atoms in total. The molecule has 1 amide bonds. The molecule has 0 saturated heterocycles. The number of carboxylic acid groups (broad SMARTS) is 1. The van der Waals surface area contributed by atoms with Crippen molar-refractivity contribution in [3.8, 4) is 0 Å². The summed E-state index contributed by atoms with van der Waals surface area (Å²) in [6.45, 7) is 1.74. The number of aromatic carboxylic acids is 1. The van der Waals surface area contributed by atoms with Gasteiger partial charge in [0, 0.05) is 11.1 Å². The largest absolute Gasteiger partial charge is 0.478 e. The SMILES string of the molecule is Cc1cc(C(=O)O)c(NC(=O)c2c[nH]c(=O)[nH]2)s1. The van der Waals surface area contributed by atoms with E-state index in [9.17, 15) is 14.4 Å². The normalized spacial score (nSPS) is 10.3. The van der Waals surface area contributed by atoms with Crippen LogP contribution in [0.5, 0.6) is 0 Å². The lowest BCUT2D eigenvalue weighted by Gasteiger charge is -2.01. The Balaban J connectivity index is 2.26. The zero-order chi connectivity index (χ0) is 13.3. The van der Waals surface area contributed by atoms with Gasteiger partial charge in [0.1, 0.15) is 10.7 Å². The van der Waals surface area contributed by atoms with Gasteiger partial charge in [-0.2, -0.15) is 0 Å². The van der Waals surface area contributed by atoms with Crippen LogP contribution in [-0.4, -0.2) is 27.0 Å². The van der Waals surface area contributed by atoms with Gasteiger partial charge in [0.15, 0.2) is 0 Å². The number of anilines is 1. The Hall–Kier alpha value is -2.35. The summed E-state index contributed by atoms with van der Waals surface area (Å²) in [7, 11) is 0. The van der Waals surface area contributed by atoms with Crippen molar-refractivity contribution in [2.45, 2.75) is 6.92 Å². The number of hydrogen-bond acceptors (Lipinski definition) is 4. The number of carboxylic acids is 1. The summed E-state index contributed by atoms with van der Waals surface area (Å²) in [5.74, 6) is -1.69. The second-order valence-electron chi connectivity index (χ2n) is 3.52. The topological polar surface area (TPSA) is 115 Å². The highest BCUT2D eigenvalue weighted by atomic mass is 32.1. The molecule has 0 aliphatic rings. The van der Waals surface area contributed by atoms with Gasteiger partial charge in [-0.25, -0.2) is 9.59 Å². The first kappa shape index (κ1) is 12.1. The minimum absolute atomic E-state index is 0.0312. The summed E-state index contributed by atoms with van der Waals surface area (Å²) < 4.78 is 0. The summed E-state index contributed by atoms with van der Waals surface area (Å²) in [5, 5.41) is 11.7. The molecule has 8 heteroatoms. The fourth-order valence-corrected chi connectivity index (χ4v) is 2.29. The molecule has 0 spiro atoms. The number of carbonyl (C=O) groups excluding carboxylic acids is 1. The Morgan fingerprint density at radius 2 is 2.17 bits per heavy atom.